The van der Waals surface area contributed by atoms with Crippen molar-refractivity contribution in [2.24, 2.45) is 0 Å². The molecule has 2 aromatic carbocycles. The maximum Gasteiger partial charge on any atom is 0.291 e. The number of furan rings is 1. The first kappa shape index (κ1) is 22.4. The van der Waals surface area contributed by atoms with E-state index in [4.69, 9.17) is 13.9 Å². The molecule has 4 rings (SSSR count). The third kappa shape index (κ3) is 5.51. The van der Waals surface area contributed by atoms with Gasteiger partial charge in [0.05, 0.1) is 22.9 Å². The maximum absolute atomic E-state index is 13.7. The minimum atomic E-state index is -0.875. The normalized spacial score (nSPS) is 10.5. The molecule has 0 fully saturated rings. The van der Waals surface area contributed by atoms with Gasteiger partial charge in [0.1, 0.15) is 29.7 Å². The van der Waals surface area contributed by atoms with Gasteiger partial charge in [0, 0.05) is 24.4 Å². The quantitative estimate of drug-likeness (QED) is 0.269. The summed E-state index contributed by atoms with van der Waals surface area (Å²) in [7, 11) is 0. The first-order chi connectivity index (χ1) is 16.4. The Balaban J connectivity index is 1.45. The molecule has 34 heavy (non-hydrogen) atoms. The summed E-state index contributed by atoms with van der Waals surface area (Å²) in [5.41, 5.74) is -0.202. The number of nitrogens with zero attached hydrogens (tertiary/aromatic N) is 2. The number of benzene rings is 2. The molecule has 0 saturated heterocycles. The fourth-order valence-corrected chi connectivity index (χ4v) is 2.87. The third-order valence-corrected chi connectivity index (χ3v) is 4.38. The minimum absolute atomic E-state index is 0.0978. The molecule has 1 amide bonds. The smallest absolute Gasteiger partial charge is 0.291 e. The molecule has 0 radical (unpaired) electrons. The average Bonchev–Trinajstić information content (AvgIpc) is 3.28. The lowest BCUT2D eigenvalue weighted by molar-refractivity contribution is -0.384. The Labute approximate surface area is 190 Å². The lowest BCUT2D eigenvalue weighted by atomic mass is 10.2. The van der Waals surface area contributed by atoms with Gasteiger partial charge in [-0.1, -0.05) is 0 Å². The number of hydrogen-bond acceptors (Lipinski definition) is 7. The predicted octanol–water partition coefficient (Wildman–Crippen LogP) is 5.48. The number of carbonyl (C=O) groups excluding carboxylic acids is 1. The van der Waals surface area contributed by atoms with Crippen LogP contribution in [0, 0.1) is 21.7 Å². The molecule has 2 heterocycles. The fraction of sp³-hybridized carbons (Fsp3) is 0.0435. The highest BCUT2D eigenvalue weighted by molar-refractivity contribution is 6.02. The minimum Gasteiger partial charge on any atom is -0.483 e. The predicted molar refractivity (Wildman–Crippen MR) is 115 cm³/mol. The van der Waals surface area contributed by atoms with Gasteiger partial charge in [-0.15, -0.1) is 0 Å². The summed E-state index contributed by atoms with van der Waals surface area (Å²) in [5.74, 6) is -1.92. The second-order valence-electron chi connectivity index (χ2n) is 6.85. The SMILES string of the molecule is O=C(Nc1cc(Oc2cccnc2)cc([N+](=O)[O-])c1)c1ccc(COc2ccc(F)cc2F)o1. The number of ether oxygens (including phenoxy) is 2. The van der Waals surface area contributed by atoms with Crippen LogP contribution < -0.4 is 14.8 Å². The van der Waals surface area contributed by atoms with Gasteiger partial charge < -0.3 is 19.2 Å². The number of halogens is 2. The number of nitro groups is 1. The van der Waals surface area contributed by atoms with Crippen molar-refractivity contribution in [3.05, 3.63) is 106 Å². The molecule has 172 valence electrons. The van der Waals surface area contributed by atoms with Crippen molar-refractivity contribution in [3.63, 3.8) is 0 Å². The van der Waals surface area contributed by atoms with Crippen LogP contribution in [0.5, 0.6) is 17.2 Å². The van der Waals surface area contributed by atoms with Crippen molar-refractivity contribution in [2.45, 2.75) is 6.61 Å². The number of carbonyl (C=O) groups is 1. The fourth-order valence-electron chi connectivity index (χ4n) is 2.87. The van der Waals surface area contributed by atoms with Crippen LogP contribution in [0.1, 0.15) is 16.3 Å². The Morgan fingerprint density at radius 3 is 2.68 bits per heavy atom. The van der Waals surface area contributed by atoms with E-state index >= 15 is 0 Å². The Morgan fingerprint density at radius 2 is 1.94 bits per heavy atom. The largest absolute Gasteiger partial charge is 0.483 e. The van der Waals surface area contributed by atoms with Gasteiger partial charge in [-0.2, -0.15) is 0 Å². The Hall–Kier alpha value is -4.80. The number of pyridine rings is 1. The molecule has 0 unspecified atom stereocenters. The molecule has 4 aromatic rings. The van der Waals surface area contributed by atoms with Crippen molar-refractivity contribution in [3.8, 4) is 17.2 Å². The van der Waals surface area contributed by atoms with Gasteiger partial charge >= 0.3 is 0 Å². The highest BCUT2D eigenvalue weighted by Crippen LogP contribution is 2.30. The molecule has 0 bridgehead atoms. The van der Waals surface area contributed by atoms with E-state index in [0.29, 0.717) is 11.8 Å². The van der Waals surface area contributed by atoms with Gasteiger partial charge in [0.2, 0.25) is 0 Å². The first-order valence-corrected chi connectivity index (χ1v) is 9.72. The molecule has 2 aromatic heterocycles. The van der Waals surface area contributed by atoms with E-state index in [1.54, 1.807) is 18.3 Å². The lowest BCUT2D eigenvalue weighted by Crippen LogP contribution is -2.11. The number of amides is 1. The van der Waals surface area contributed by atoms with Gasteiger partial charge in [-0.05, 0) is 36.4 Å². The van der Waals surface area contributed by atoms with Crippen molar-refractivity contribution >= 4 is 17.3 Å². The number of anilines is 1. The molecular weight excluding hydrogens is 452 g/mol. The molecule has 0 saturated carbocycles. The van der Waals surface area contributed by atoms with E-state index < -0.39 is 22.5 Å². The number of nitrogens with one attached hydrogen (secondary N) is 1. The number of hydrogen-bond donors (Lipinski definition) is 1. The molecule has 1 N–H and O–H groups in total. The highest BCUT2D eigenvalue weighted by atomic mass is 19.1. The standard InChI is InChI=1S/C23H15F2N3O6/c24-14-3-5-21(20(25)8-14)32-13-18-4-6-22(34-18)23(29)27-15-9-16(28(30)31)11-19(10-15)33-17-2-1-7-26-12-17/h1-12H,13H2,(H,27,29). The summed E-state index contributed by atoms with van der Waals surface area (Å²) < 4.78 is 42.9. The second kappa shape index (κ2) is 9.77. The van der Waals surface area contributed by atoms with E-state index in [1.165, 1.54) is 30.5 Å². The van der Waals surface area contributed by atoms with Gasteiger partial charge in [-0.25, -0.2) is 8.78 Å². The Morgan fingerprint density at radius 1 is 1.09 bits per heavy atom. The topological polar surface area (TPSA) is 117 Å². The summed E-state index contributed by atoms with van der Waals surface area (Å²) in [6.07, 6.45) is 2.98. The summed E-state index contributed by atoms with van der Waals surface area (Å²) in [5, 5.41) is 13.8. The molecular formula is C23H15F2N3O6. The van der Waals surface area contributed by atoms with Crippen LogP contribution in [0.3, 0.4) is 0 Å². The number of aromatic nitrogens is 1. The molecule has 11 heteroatoms. The zero-order valence-corrected chi connectivity index (χ0v) is 17.2. The van der Waals surface area contributed by atoms with Crippen LogP contribution in [0.15, 0.2) is 77.5 Å². The van der Waals surface area contributed by atoms with Crippen molar-refractivity contribution in [2.75, 3.05) is 5.32 Å². The first-order valence-electron chi connectivity index (χ1n) is 9.72. The lowest BCUT2D eigenvalue weighted by Gasteiger charge is -2.08. The van der Waals surface area contributed by atoms with Crippen LogP contribution in [-0.2, 0) is 6.61 Å². The van der Waals surface area contributed by atoms with E-state index in [9.17, 15) is 23.7 Å². The van der Waals surface area contributed by atoms with E-state index in [2.05, 4.69) is 10.3 Å². The highest BCUT2D eigenvalue weighted by Gasteiger charge is 2.17. The summed E-state index contributed by atoms with van der Waals surface area (Å²) in [4.78, 5) is 27.2. The zero-order valence-electron chi connectivity index (χ0n) is 17.2. The molecule has 0 spiro atoms. The average molecular weight is 467 g/mol. The number of nitro benzene ring substituents is 1. The Kier molecular flexibility index (Phi) is 6.44. The van der Waals surface area contributed by atoms with Crippen LogP contribution in [0.2, 0.25) is 0 Å². The molecule has 9 nitrogen and oxygen atoms in total. The van der Waals surface area contributed by atoms with Crippen molar-refractivity contribution in [1.29, 1.82) is 0 Å². The van der Waals surface area contributed by atoms with Crippen molar-refractivity contribution in [1.82, 2.24) is 4.98 Å². The number of rotatable bonds is 8. The van der Waals surface area contributed by atoms with Crippen molar-refractivity contribution < 1.29 is 32.4 Å². The maximum atomic E-state index is 13.7. The van der Waals surface area contributed by atoms with E-state index in [0.717, 1.165) is 18.2 Å². The molecule has 0 aliphatic heterocycles. The van der Waals surface area contributed by atoms with Crippen LogP contribution >= 0.6 is 0 Å². The molecule has 0 aliphatic carbocycles. The monoisotopic (exact) mass is 467 g/mol. The van der Waals surface area contributed by atoms with E-state index in [1.807, 2.05) is 0 Å². The van der Waals surface area contributed by atoms with Crippen LogP contribution in [0.4, 0.5) is 20.2 Å². The third-order valence-electron chi connectivity index (χ3n) is 4.38. The second-order valence-corrected chi connectivity index (χ2v) is 6.85. The zero-order chi connectivity index (χ0) is 24.1. The Bertz CT molecular complexity index is 1340. The summed E-state index contributed by atoms with van der Waals surface area (Å²) >= 11 is 0. The summed E-state index contributed by atoms with van der Waals surface area (Å²) in [6.45, 7) is -0.213. The van der Waals surface area contributed by atoms with Crippen LogP contribution in [-0.4, -0.2) is 15.8 Å². The summed E-state index contributed by atoms with van der Waals surface area (Å²) in [6, 6.07) is 12.7. The van der Waals surface area contributed by atoms with Gasteiger partial charge in [0.15, 0.2) is 17.3 Å². The van der Waals surface area contributed by atoms with Gasteiger partial charge in [0.25, 0.3) is 11.6 Å². The molecule has 0 atom stereocenters. The molecule has 0 aliphatic rings. The van der Waals surface area contributed by atoms with E-state index in [-0.39, 0.29) is 41.0 Å². The van der Waals surface area contributed by atoms with Crippen LogP contribution in [0.25, 0.3) is 0 Å². The number of non-ortho nitro benzene ring substituents is 1. The van der Waals surface area contributed by atoms with Gasteiger partial charge in [-0.3, -0.25) is 19.9 Å².